The van der Waals surface area contributed by atoms with Crippen molar-refractivity contribution in [2.75, 3.05) is 0 Å². The minimum absolute atomic E-state index is 0.0106. The van der Waals surface area contributed by atoms with Gasteiger partial charge in [0, 0.05) is 5.25 Å². The van der Waals surface area contributed by atoms with E-state index in [2.05, 4.69) is 16.3 Å². The molecule has 16 heavy (non-hydrogen) atoms. The number of aryl methyl sites for hydroxylation is 1. The van der Waals surface area contributed by atoms with Crippen molar-refractivity contribution in [3.05, 3.63) is 16.8 Å². The van der Waals surface area contributed by atoms with Crippen molar-refractivity contribution in [3.8, 4) is 6.07 Å². The van der Waals surface area contributed by atoms with Gasteiger partial charge in [-0.1, -0.05) is 18.7 Å². The van der Waals surface area contributed by atoms with E-state index in [1.165, 1.54) is 11.8 Å². The summed E-state index contributed by atoms with van der Waals surface area (Å²) in [6.07, 6.45) is -0.444. The zero-order chi connectivity index (χ0) is 12.3. The first-order valence-electron chi connectivity index (χ1n) is 5.06. The van der Waals surface area contributed by atoms with Gasteiger partial charge in [-0.2, -0.15) is 10.4 Å². The van der Waals surface area contributed by atoms with Crippen LogP contribution in [0.25, 0.3) is 0 Å². The molecule has 0 aliphatic heterocycles. The molecule has 0 saturated heterocycles. The summed E-state index contributed by atoms with van der Waals surface area (Å²) in [5, 5.41) is 27.1. The maximum Gasteiger partial charge on any atom is 0.137 e. The Labute approximate surface area is 99.7 Å². The second-order valence-corrected chi connectivity index (χ2v) is 5.13. The predicted molar refractivity (Wildman–Crippen MR) is 63.2 cm³/mol. The molecular weight excluding hydrogens is 222 g/mol. The summed E-state index contributed by atoms with van der Waals surface area (Å²) in [6, 6.07) is 2.14. The van der Waals surface area contributed by atoms with Gasteiger partial charge in [0.05, 0.1) is 17.4 Å². The van der Waals surface area contributed by atoms with E-state index >= 15 is 0 Å². The van der Waals surface area contributed by atoms with Crippen LogP contribution in [0.5, 0.6) is 0 Å². The van der Waals surface area contributed by atoms with Crippen molar-refractivity contribution in [2.45, 2.75) is 44.1 Å². The van der Waals surface area contributed by atoms with Crippen molar-refractivity contribution in [2.24, 2.45) is 0 Å². The Balaban J connectivity index is 3.07. The molecular formula is C11H15N3OS. The predicted octanol–water partition coefficient (Wildman–Crippen LogP) is 1.83. The first-order valence-corrected chi connectivity index (χ1v) is 5.94. The fourth-order valence-electron chi connectivity index (χ4n) is 1.08. The van der Waals surface area contributed by atoms with Gasteiger partial charge < -0.3 is 5.11 Å². The fraction of sp³-hybridized carbons (Fsp3) is 0.545. The average Bonchev–Trinajstić information content (AvgIpc) is 2.23. The molecule has 1 heterocycles. The van der Waals surface area contributed by atoms with Crippen LogP contribution in [0.1, 0.15) is 30.7 Å². The lowest BCUT2D eigenvalue weighted by Gasteiger charge is -2.14. The molecule has 0 amide bonds. The molecule has 0 aliphatic carbocycles. The first-order chi connectivity index (χ1) is 7.47. The van der Waals surface area contributed by atoms with Crippen LogP contribution >= 0.6 is 11.8 Å². The third-order valence-electron chi connectivity index (χ3n) is 2.51. The van der Waals surface area contributed by atoms with E-state index in [4.69, 9.17) is 5.26 Å². The van der Waals surface area contributed by atoms with Gasteiger partial charge >= 0.3 is 0 Å². The molecule has 1 aromatic rings. The second kappa shape index (κ2) is 5.28. The first kappa shape index (κ1) is 12.9. The summed E-state index contributed by atoms with van der Waals surface area (Å²) >= 11 is 1.38. The van der Waals surface area contributed by atoms with Crippen molar-refractivity contribution in [3.63, 3.8) is 0 Å². The van der Waals surface area contributed by atoms with Gasteiger partial charge in [0.2, 0.25) is 0 Å². The van der Waals surface area contributed by atoms with Gasteiger partial charge in [-0.15, -0.1) is 5.10 Å². The maximum atomic E-state index is 9.42. The molecule has 0 radical (unpaired) electrons. The zero-order valence-corrected chi connectivity index (χ0v) is 10.7. The molecule has 0 aromatic carbocycles. The lowest BCUT2D eigenvalue weighted by molar-refractivity contribution is 0.196. The molecule has 2 atom stereocenters. The highest BCUT2D eigenvalue weighted by Crippen LogP contribution is 2.27. The Kier molecular flexibility index (Phi) is 4.27. The van der Waals surface area contributed by atoms with E-state index in [-0.39, 0.29) is 5.25 Å². The van der Waals surface area contributed by atoms with E-state index in [1.54, 1.807) is 6.92 Å². The topological polar surface area (TPSA) is 69.8 Å². The van der Waals surface area contributed by atoms with Crippen LogP contribution in [-0.4, -0.2) is 26.7 Å². The number of aliphatic hydroxyl groups excluding tert-OH is 1. The normalized spacial score (nSPS) is 14.2. The van der Waals surface area contributed by atoms with Gasteiger partial charge in [-0.3, -0.25) is 0 Å². The van der Waals surface area contributed by atoms with Crippen LogP contribution in [0.3, 0.4) is 0 Å². The van der Waals surface area contributed by atoms with Gasteiger partial charge in [-0.25, -0.2) is 0 Å². The molecule has 86 valence electrons. The van der Waals surface area contributed by atoms with E-state index in [0.717, 1.165) is 11.3 Å². The Bertz CT molecular complexity index is 426. The zero-order valence-electron chi connectivity index (χ0n) is 9.85. The molecule has 0 fully saturated rings. The number of nitrogens with zero attached hydrogens (tertiary/aromatic N) is 3. The standard InChI is InChI=1S/C11H15N3OS/c1-6-7(2)13-14-11(10(6)5-12)16-9(4)8(3)15/h8-9,15H,1-4H3. The number of hydrogen-bond acceptors (Lipinski definition) is 5. The Morgan fingerprint density at radius 2 is 1.94 bits per heavy atom. The summed E-state index contributed by atoms with van der Waals surface area (Å²) in [5.74, 6) is 0. The number of thioether (sulfide) groups is 1. The van der Waals surface area contributed by atoms with E-state index < -0.39 is 6.10 Å². The van der Waals surface area contributed by atoms with Crippen molar-refractivity contribution in [1.29, 1.82) is 5.26 Å². The molecule has 1 rings (SSSR count). The number of aliphatic hydroxyl groups is 1. The molecule has 0 bridgehead atoms. The molecule has 1 aromatic heterocycles. The lowest BCUT2D eigenvalue weighted by atomic mass is 10.1. The molecule has 1 N–H and O–H groups in total. The third-order valence-corrected chi connectivity index (χ3v) is 3.79. The summed E-state index contributed by atoms with van der Waals surface area (Å²) in [7, 11) is 0. The fourth-order valence-corrected chi connectivity index (χ4v) is 2.03. The van der Waals surface area contributed by atoms with Crippen LogP contribution in [0.2, 0.25) is 0 Å². The molecule has 0 aliphatic rings. The van der Waals surface area contributed by atoms with Crippen molar-refractivity contribution in [1.82, 2.24) is 10.2 Å². The number of hydrogen-bond donors (Lipinski definition) is 1. The minimum Gasteiger partial charge on any atom is -0.392 e. The summed E-state index contributed by atoms with van der Waals surface area (Å²) in [4.78, 5) is 0. The van der Waals surface area contributed by atoms with Crippen LogP contribution in [-0.2, 0) is 0 Å². The van der Waals surface area contributed by atoms with Gasteiger partial charge in [0.15, 0.2) is 0 Å². The molecule has 4 nitrogen and oxygen atoms in total. The Morgan fingerprint density at radius 3 is 2.44 bits per heavy atom. The Hall–Kier alpha value is -1.12. The Morgan fingerprint density at radius 1 is 1.31 bits per heavy atom. The second-order valence-electron chi connectivity index (χ2n) is 3.77. The maximum absolute atomic E-state index is 9.42. The van der Waals surface area contributed by atoms with Crippen LogP contribution in [0.15, 0.2) is 5.03 Å². The van der Waals surface area contributed by atoms with Crippen molar-refractivity contribution >= 4 is 11.8 Å². The number of nitriles is 1. The summed E-state index contributed by atoms with van der Waals surface area (Å²) in [5.41, 5.74) is 2.19. The highest BCUT2D eigenvalue weighted by molar-refractivity contribution is 7.99. The number of rotatable bonds is 3. The average molecular weight is 237 g/mol. The van der Waals surface area contributed by atoms with Gasteiger partial charge in [0.1, 0.15) is 11.1 Å². The smallest absolute Gasteiger partial charge is 0.137 e. The molecule has 0 spiro atoms. The molecule has 5 heteroatoms. The largest absolute Gasteiger partial charge is 0.392 e. The number of aromatic nitrogens is 2. The SMILES string of the molecule is Cc1nnc(SC(C)C(C)O)c(C#N)c1C. The minimum atomic E-state index is -0.444. The monoisotopic (exact) mass is 237 g/mol. The highest BCUT2D eigenvalue weighted by Gasteiger charge is 2.17. The summed E-state index contributed by atoms with van der Waals surface area (Å²) in [6.45, 7) is 7.31. The van der Waals surface area contributed by atoms with Crippen molar-refractivity contribution < 1.29 is 5.11 Å². The van der Waals surface area contributed by atoms with Crippen LogP contribution in [0, 0.1) is 25.2 Å². The lowest BCUT2D eigenvalue weighted by Crippen LogP contribution is -2.16. The van der Waals surface area contributed by atoms with Crippen LogP contribution in [0.4, 0.5) is 0 Å². The molecule has 2 unspecified atom stereocenters. The summed E-state index contributed by atoms with van der Waals surface area (Å²) < 4.78 is 0. The highest BCUT2D eigenvalue weighted by atomic mass is 32.2. The van der Waals surface area contributed by atoms with E-state index in [1.807, 2.05) is 20.8 Å². The van der Waals surface area contributed by atoms with Crippen LogP contribution < -0.4 is 0 Å². The third kappa shape index (κ3) is 2.71. The quantitative estimate of drug-likeness (QED) is 0.812. The van der Waals surface area contributed by atoms with Gasteiger partial charge in [0.25, 0.3) is 0 Å². The van der Waals surface area contributed by atoms with E-state index in [0.29, 0.717) is 10.6 Å². The molecule has 0 saturated carbocycles. The van der Waals surface area contributed by atoms with E-state index in [9.17, 15) is 5.11 Å². The van der Waals surface area contributed by atoms with Gasteiger partial charge in [-0.05, 0) is 26.3 Å².